The molecule has 2 unspecified atom stereocenters. The predicted octanol–water partition coefficient (Wildman–Crippen LogP) is 1.55. The van der Waals surface area contributed by atoms with E-state index in [1.807, 2.05) is 16.7 Å². The van der Waals surface area contributed by atoms with Gasteiger partial charge in [-0.2, -0.15) is 4.98 Å². The summed E-state index contributed by atoms with van der Waals surface area (Å²) in [4.78, 5) is 33.3. The van der Waals surface area contributed by atoms with E-state index in [0.29, 0.717) is 43.6 Å². The highest BCUT2D eigenvalue weighted by Gasteiger charge is 2.42. The predicted molar refractivity (Wildman–Crippen MR) is 84.8 cm³/mol. The fraction of sp³-hybridized carbons (Fsp3) is 0.765. The van der Waals surface area contributed by atoms with Crippen LogP contribution in [0.15, 0.2) is 4.52 Å². The first kappa shape index (κ1) is 15.6. The lowest BCUT2D eigenvalue weighted by molar-refractivity contribution is -0.136. The minimum absolute atomic E-state index is 0.0759. The number of aryl methyl sites for hydroxylation is 1. The van der Waals surface area contributed by atoms with Gasteiger partial charge in [-0.15, -0.1) is 0 Å². The molecule has 130 valence electrons. The largest absolute Gasteiger partial charge is 0.342 e. The maximum absolute atomic E-state index is 13.0. The van der Waals surface area contributed by atoms with Gasteiger partial charge in [0.25, 0.3) is 0 Å². The van der Waals surface area contributed by atoms with Gasteiger partial charge in [-0.05, 0) is 31.6 Å². The van der Waals surface area contributed by atoms with E-state index in [9.17, 15) is 9.59 Å². The quantitative estimate of drug-likeness (QED) is 0.817. The van der Waals surface area contributed by atoms with Gasteiger partial charge < -0.3 is 14.3 Å². The van der Waals surface area contributed by atoms with E-state index in [-0.39, 0.29) is 23.8 Å². The van der Waals surface area contributed by atoms with E-state index in [0.717, 1.165) is 19.4 Å². The molecule has 0 bridgehead atoms. The first-order valence-electron chi connectivity index (χ1n) is 9.06. The Morgan fingerprint density at radius 1 is 1.33 bits per heavy atom. The summed E-state index contributed by atoms with van der Waals surface area (Å²) in [6, 6.07) is -0.103. The standard InChI is InChI=1S/C17H24N4O3/c1-2-14-18-16(19-24-14)13-4-3-7-21(13)17(23)12-8-15(22)20(10-12)9-11-5-6-11/h11-13H,2-10H2,1H3. The summed E-state index contributed by atoms with van der Waals surface area (Å²) in [6.45, 7) is 4.08. The summed E-state index contributed by atoms with van der Waals surface area (Å²) in [7, 11) is 0. The minimum atomic E-state index is -0.214. The van der Waals surface area contributed by atoms with Crippen molar-refractivity contribution in [1.29, 1.82) is 0 Å². The van der Waals surface area contributed by atoms with Gasteiger partial charge in [0.05, 0.1) is 12.0 Å². The number of rotatable bonds is 5. The van der Waals surface area contributed by atoms with Crippen LogP contribution in [0.5, 0.6) is 0 Å². The molecule has 1 aliphatic carbocycles. The van der Waals surface area contributed by atoms with Crippen molar-refractivity contribution in [2.75, 3.05) is 19.6 Å². The van der Waals surface area contributed by atoms with Gasteiger partial charge in [0.2, 0.25) is 17.7 Å². The fourth-order valence-electron chi connectivity index (χ4n) is 3.81. The summed E-state index contributed by atoms with van der Waals surface area (Å²) in [5.74, 6) is 1.87. The fourth-order valence-corrected chi connectivity index (χ4v) is 3.81. The molecule has 0 N–H and O–H groups in total. The second-order valence-corrected chi connectivity index (χ2v) is 7.23. The van der Waals surface area contributed by atoms with Gasteiger partial charge in [-0.3, -0.25) is 9.59 Å². The normalized spacial score (nSPS) is 27.3. The van der Waals surface area contributed by atoms with Gasteiger partial charge in [-0.25, -0.2) is 0 Å². The SMILES string of the molecule is CCc1nc(C2CCCN2C(=O)C2CC(=O)N(CC3CC3)C2)no1. The topological polar surface area (TPSA) is 79.5 Å². The Hall–Kier alpha value is -1.92. The number of nitrogens with zero attached hydrogens (tertiary/aromatic N) is 4. The lowest BCUT2D eigenvalue weighted by Crippen LogP contribution is -2.37. The lowest BCUT2D eigenvalue weighted by Gasteiger charge is -2.25. The number of hydrogen-bond donors (Lipinski definition) is 0. The molecule has 0 spiro atoms. The molecule has 1 saturated carbocycles. The van der Waals surface area contributed by atoms with Crippen molar-refractivity contribution in [3.05, 3.63) is 11.7 Å². The number of likely N-dealkylation sites (tertiary alicyclic amines) is 2. The molecule has 24 heavy (non-hydrogen) atoms. The van der Waals surface area contributed by atoms with Crippen LogP contribution in [0.25, 0.3) is 0 Å². The molecule has 2 amide bonds. The Balaban J connectivity index is 1.44. The van der Waals surface area contributed by atoms with Crippen LogP contribution < -0.4 is 0 Å². The maximum Gasteiger partial charge on any atom is 0.228 e. The number of hydrogen-bond acceptors (Lipinski definition) is 5. The summed E-state index contributed by atoms with van der Waals surface area (Å²) >= 11 is 0. The number of aromatic nitrogens is 2. The van der Waals surface area contributed by atoms with Crippen molar-refractivity contribution in [2.45, 2.75) is 51.5 Å². The van der Waals surface area contributed by atoms with Crippen molar-refractivity contribution < 1.29 is 14.1 Å². The first-order valence-corrected chi connectivity index (χ1v) is 9.06. The molecule has 7 heteroatoms. The van der Waals surface area contributed by atoms with Crippen LogP contribution >= 0.6 is 0 Å². The molecule has 0 radical (unpaired) electrons. The smallest absolute Gasteiger partial charge is 0.228 e. The van der Waals surface area contributed by atoms with Crippen LogP contribution in [0.4, 0.5) is 0 Å². The van der Waals surface area contributed by atoms with Crippen LogP contribution in [-0.4, -0.2) is 51.4 Å². The molecule has 1 aromatic rings. The number of carbonyl (C=O) groups excluding carboxylic acids is 2. The summed E-state index contributed by atoms with van der Waals surface area (Å²) in [5.41, 5.74) is 0. The third-order valence-corrected chi connectivity index (χ3v) is 5.36. The van der Waals surface area contributed by atoms with Gasteiger partial charge in [0, 0.05) is 32.5 Å². The molecule has 2 aliphatic heterocycles. The van der Waals surface area contributed by atoms with E-state index in [2.05, 4.69) is 10.1 Å². The minimum Gasteiger partial charge on any atom is -0.342 e. The zero-order valence-corrected chi connectivity index (χ0v) is 14.1. The Morgan fingerprint density at radius 3 is 2.88 bits per heavy atom. The van der Waals surface area contributed by atoms with Crippen LogP contribution in [0.2, 0.25) is 0 Å². The molecular formula is C17H24N4O3. The van der Waals surface area contributed by atoms with E-state index < -0.39 is 0 Å². The highest BCUT2D eigenvalue weighted by molar-refractivity contribution is 5.89. The highest BCUT2D eigenvalue weighted by Crippen LogP contribution is 2.35. The molecule has 7 nitrogen and oxygen atoms in total. The molecule has 2 atom stereocenters. The second-order valence-electron chi connectivity index (χ2n) is 7.23. The lowest BCUT2D eigenvalue weighted by atomic mass is 10.1. The maximum atomic E-state index is 13.0. The molecule has 1 aromatic heterocycles. The highest BCUT2D eigenvalue weighted by atomic mass is 16.5. The third kappa shape index (κ3) is 2.91. The summed E-state index contributed by atoms with van der Waals surface area (Å²) < 4.78 is 5.20. The third-order valence-electron chi connectivity index (χ3n) is 5.36. The van der Waals surface area contributed by atoms with Crippen LogP contribution in [0.1, 0.15) is 56.8 Å². The van der Waals surface area contributed by atoms with Crippen molar-refractivity contribution >= 4 is 11.8 Å². The summed E-state index contributed by atoms with van der Waals surface area (Å²) in [5, 5.41) is 4.05. The first-order chi connectivity index (χ1) is 11.7. The Labute approximate surface area is 141 Å². The average Bonchev–Trinajstić information content (AvgIpc) is 3.00. The van der Waals surface area contributed by atoms with E-state index in [4.69, 9.17) is 4.52 Å². The van der Waals surface area contributed by atoms with E-state index in [1.165, 1.54) is 12.8 Å². The van der Waals surface area contributed by atoms with Crippen LogP contribution in [0, 0.1) is 11.8 Å². The Bertz CT molecular complexity index is 640. The van der Waals surface area contributed by atoms with E-state index in [1.54, 1.807) is 0 Å². The van der Waals surface area contributed by atoms with Crippen LogP contribution in [0.3, 0.4) is 0 Å². The number of carbonyl (C=O) groups is 2. The van der Waals surface area contributed by atoms with E-state index >= 15 is 0 Å². The molecule has 0 aromatic carbocycles. The average molecular weight is 332 g/mol. The Morgan fingerprint density at radius 2 is 2.17 bits per heavy atom. The monoisotopic (exact) mass is 332 g/mol. The molecular weight excluding hydrogens is 308 g/mol. The number of amides is 2. The molecule has 2 saturated heterocycles. The van der Waals surface area contributed by atoms with Crippen molar-refractivity contribution in [1.82, 2.24) is 19.9 Å². The van der Waals surface area contributed by atoms with Gasteiger partial charge in [0.15, 0.2) is 5.82 Å². The van der Waals surface area contributed by atoms with Crippen molar-refractivity contribution in [2.24, 2.45) is 11.8 Å². The van der Waals surface area contributed by atoms with Crippen LogP contribution in [-0.2, 0) is 16.0 Å². The Kier molecular flexibility index (Phi) is 4.02. The zero-order chi connectivity index (χ0) is 16.7. The van der Waals surface area contributed by atoms with Gasteiger partial charge in [-0.1, -0.05) is 12.1 Å². The molecule has 3 fully saturated rings. The molecule has 3 heterocycles. The van der Waals surface area contributed by atoms with Gasteiger partial charge in [0.1, 0.15) is 0 Å². The summed E-state index contributed by atoms with van der Waals surface area (Å²) in [6.07, 6.45) is 5.28. The van der Waals surface area contributed by atoms with Crippen molar-refractivity contribution in [3.63, 3.8) is 0 Å². The molecule has 3 aliphatic rings. The second kappa shape index (κ2) is 6.18. The zero-order valence-electron chi connectivity index (χ0n) is 14.1. The molecule has 4 rings (SSSR count). The van der Waals surface area contributed by atoms with Gasteiger partial charge >= 0.3 is 0 Å². The van der Waals surface area contributed by atoms with Crippen molar-refractivity contribution in [3.8, 4) is 0 Å².